The molecule has 1 rings (SSSR count). The van der Waals surface area contributed by atoms with Crippen LogP contribution in [0.3, 0.4) is 0 Å². The first-order valence-electron chi connectivity index (χ1n) is 4.44. The van der Waals surface area contributed by atoms with Gasteiger partial charge in [-0.2, -0.15) is 0 Å². The largest absolute Gasteiger partial charge is 0.349 e. The van der Waals surface area contributed by atoms with Gasteiger partial charge in [0.1, 0.15) is 0 Å². The van der Waals surface area contributed by atoms with Crippen LogP contribution in [0.1, 0.15) is 11.8 Å². The minimum Gasteiger partial charge on any atom is -0.349 e. The fourth-order valence-electron chi connectivity index (χ4n) is 0.894. The first kappa shape index (κ1) is 10.9. The summed E-state index contributed by atoms with van der Waals surface area (Å²) in [6.07, 6.45) is 3.32. The van der Waals surface area contributed by atoms with Crippen molar-refractivity contribution in [1.82, 2.24) is 5.32 Å². The van der Waals surface area contributed by atoms with Crippen LogP contribution in [0.4, 0.5) is 0 Å². The third-order valence-electron chi connectivity index (χ3n) is 1.68. The van der Waals surface area contributed by atoms with Crippen LogP contribution in [-0.4, -0.2) is 18.5 Å². The molecule has 1 heterocycles. The van der Waals surface area contributed by atoms with E-state index in [1.807, 2.05) is 24.4 Å². The number of nitrogens with two attached hydrogens (primary N) is 1. The van der Waals surface area contributed by atoms with Crippen LogP contribution in [0.2, 0.25) is 0 Å². The number of carbonyl (C=O) groups is 1. The van der Waals surface area contributed by atoms with Gasteiger partial charge in [0.05, 0.1) is 0 Å². The van der Waals surface area contributed by atoms with E-state index in [-0.39, 0.29) is 11.9 Å². The molecule has 0 spiro atoms. The van der Waals surface area contributed by atoms with E-state index in [4.69, 9.17) is 5.73 Å². The van der Waals surface area contributed by atoms with Crippen molar-refractivity contribution in [1.29, 1.82) is 0 Å². The summed E-state index contributed by atoms with van der Waals surface area (Å²) in [5.74, 6) is -0.101. The van der Waals surface area contributed by atoms with E-state index in [0.717, 1.165) is 4.88 Å². The Balaban J connectivity index is 2.41. The molecular weight excluding hydrogens is 196 g/mol. The molecule has 0 aromatic carbocycles. The number of carbonyl (C=O) groups excluding carboxylic acids is 1. The predicted octanol–water partition coefficient (Wildman–Crippen LogP) is 1.22. The number of hydrogen-bond donors (Lipinski definition) is 2. The number of thiophene rings is 1. The molecule has 1 atom stereocenters. The molecule has 1 amide bonds. The highest BCUT2D eigenvalue weighted by Gasteiger charge is 2.00. The van der Waals surface area contributed by atoms with E-state index in [0.29, 0.717) is 6.54 Å². The lowest BCUT2D eigenvalue weighted by Gasteiger charge is -2.07. The molecule has 3 nitrogen and oxygen atoms in total. The zero-order chi connectivity index (χ0) is 10.4. The van der Waals surface area contributed by atoms with Gasteiger partial charge in [0, 0.05) is 23.5 Å². The molecule has 3 N–H and O–H groups in total. The van der Waals surface area contributed by atoms with Crippen molar-refractivity contribution in [2.45, 2.75) is 13.0 Å². The van der Waals surface area contributed by atoms with E-state index in [9.17, 15) is 4.79 Å². The van der Waals surface area contributed by atoms with Crippen LogP contribution in [0.15, 0.2) is 23.6 Å². The van der Waals surface area contributed by atoms with Gasteiger partial charge in [0.2, 0.25) is 5.91 Å². The molecule has 0 aliphatic carbocycles. The second kappa shape index (κ2) is 5.57. The highest BCUT2D eigenvalue weighted by Crippen LogP contribution is 2.09. The minimum absolute atomic E-state index is 0.0236. The highest BCUT2D eigenvalue weighted by atomic mass is 32.1. The summed E-state index contributed by atoms with van der Waals surface area (Å²) in [7, 11) is 0. The average molecular weight is 210 g/mol. The monoisotopic (exact) mass is 210 g/mol. The summed E-state index contributed by atoms with van der Waals surface area (Å²) in [5.41, 5.74) is 5.37. The van der Waals surface area contributed by atoms with Crippen molar-refractivity contribution in [3.05, 3.63) is 28.5 Å². The molecule has 4 heteroatoms. The van der Waals surface area contributed by atoms with E-state index in [2.05, 4.69) is 5.32 Å². The lowest BCUT2D eigenvalue weighted by Crippen LogP contribution is -2.36. The zero-order valence-electron chi connectivity index (χ0n) is 8.07. The first-order chi connectivity index (χ1) is 6.72. The smallest absolute Gasteiger partial charge is 0.244 e. The Hall–Kier alpha value is -1.13. The number of nitrogens with one attached hydrogen (secondary N) is 1. The molecular formula is C10H14N2OS. The average Bonchev–Trinajstić information content (AvgIpc) is 2.67. The van der Waals surface area contributed by atoms with Gasteiger partial charge in [-0.1, -0.05) is 6.07 Å². The van der Waals surface area contributed by atoms with Gasteiger partial charge in [0.25, 0.3) is 0 Å². The third kappa shape index (κ3) is 3.72. The van der Waals surface area contributed by atoms with Crippen LogP contribution >= 0.6 is 11.3 Å². The molecule has 0 bridgehead atoms. The Kier molecular flexibility index (Phi) is 4.35. The summed E-state index contributed by atoms with van der Waals surface area (Å²) in [6, 6.07) is 3.93. The Morgan fingerprint density at radius 3 is 3.14 bits per heavy atom. The summed E-state index contributed by atoms with van der Waals surface area (Å²) >= 11 is 1.60. The van der Waals surface area contributed by atoms with Gasteiger partial charge in [-0.15, -0.1) is 11.3 Å². The molecule has 1 unspecified atom stereocenters. The molecule has 1 aromatic rings. The third-order valence-corrected chi connectivity index (χ3v) is 2.52. The summed E-state index contributed by atoms with van der Waals surface area (Å²) in [5, 5.41) is 4.72. The van der Waals surface area contributed by atoms with Crippen LogP contribution in [-0.2, 0) is 4.79 Å². The molecule has 0 aliphatic rings. The van der Waals surface area contributed by atoms with Gasteiger partial charge >= 0.3 is 0 Å². The van der Waals surface area contributed by atoms with Crippen LogP contribution in [0.5, 0.6) is 0 Å². The molecule has 0 fully saturated rings. The van der Waals surface area contributed by atoms with Gasteiger partial charge in [-0.3, -0.25) is 4.79 Å². The predicted molar refractivity (Wildman–Crippen MR) is 60.0 cm³/mol. The van der Waals surface area contributed by atoms with Crippen LogP contribution in [0.25, 0.3) is 6.08 Å². The molecule has 0 radical (unpaired) electrons. The van der Waals surface area contributed by atoms with Crippen LogP contribution < -0.4 is 11.1 Å². The van der Waals surface area contributed by atoms with Gasteiger partial charge < -0.3 is 11.1 Å². The highest BCUT2D eigenvalue weighted by molar-refractivity contribution is 7.10. The molecule has 14 heavy (non-hydrogen) atoms. The normalized spacial score (nSPS) is 13.0. The lowest BCUT2D eigenvalue weighted by molar-refractivity contribution is -0.116. The van der Waals surface area contributed by atoms with Gasteiger partial charge in [-0.25, -0.2) is 0 Å². The van der Waals surface area contributed by atoms with Crippen molar-refractivity contribution in [2.24, 2.45) is 5.73 Å². The molecule has 0 saturated carbocycles. The Bertz CT molecular complexity index is 306. The Morgan fingerprint density at radius 2 is 2.57 bits per heavy atom. The first-order valence-corrected chi connectivity index (χ1v) is 5.32. The topological polar surface area (TPSA) is 55.1 Å². The van der Waals surface area contributed by atoms with Gasteiger partial charge in [-0.05, 0) is 24.4 Å². The standard InChI is InChI=1S/C10H14N2OS/c1-8(7-11)12-10(13)5-4-9-3-2-6-14-9/h2-6,8H,7,11H2,1H3,(H,12,13). The maximum absolute atomic E-state index is 11.3. The molecule has 0 saturated heterocycles. The number of hydrogen-bond acceptors (Lipinski definition) is 3. The van der Waals surface area contributed by atoms with Crippen molar-refractivity contribution in [3.63, 3.8) is 0 Å². The Morgan fingerprint density at radius 1 is 1.79 bits per heavy atom. The fourth-order valence-corrected chi connectivity index (χ4v) is 1.51. The zero-order valence-corrected chi connectivity index (χ0v) is 8.88. The van der Waals surface area contributed by atoms with E-state index in [1.54, 1.807) is 17.4 Å². The SMILES string of the molecule is CC(CN)NC(=O)C=Cc1cccs1. The fraction of sp³-hybridized carbons (Fsp3) is 0.300. The van der Waals surface area contributed by atoms with Crippen molar-refractivity contribution in [3.8, 4) is 0 Å². The molecule has 76 valence electrons. The maximum atomic E-state index is 11.3. The summed E-state index contributed by atoms with van der Waals surface area (Å²) in [4.78, 5) is 12.3. The summed E-state index contributed by atoms with van der Waals surface area (Å²) < 4.78 is 0. The summed E-state index contributed by atoms with van der Waals surface area (Å²) in [6.45, 7) is 2.33. The van der Waals surface area contributed by atoms with Crippen LogP contribution in [0, 0.1) is 0 Å². The van der Waals surface area contributed by atoms with Crippen molar-refractivity contribution in [2.75, 3.05) is 6.54 Å². The second-order valence-electron chi connectivity index (χ2n) is 2.99. The Labute approximate surface area is 87.6 Å². The number of amides is 1. The number of rotatable bonds is 4. The molecule has 0 aliphatic heterocycles. The minimum atomic E-state index is -0.101. The van der Waals surface area contributed by atoms with Crippen molar-refractivity contribution < 1.29 is 4.79 Å². The molecule has 1 aromatic heterocycles. The van der Waals surface area contributed by atoms with Gasteiger partial charge in [0.15, 0.2) is 0 Å². The quantitative estimate of drug-likeness (QED) is 0.734. The van der Waals surface area contributed by atoms with E-state index >= 15 is 0 Å². The van der Waals surface area contributed by atoms with E-state index < -0.39 is 0 Å². The lowest BCUT2D eigenvalue weighted by atomic mass is 10.3. The maximum Gasteiger partial charge on any atom is 0.244 e. The van der Waals surface area contributed by atoms with Crippen molar-refractivity contribution >= 4 is 23.3 Å². The van der Waals surface area contributed by atoms with E-state index in [1.165, 1.54) is 6.08 Å². The second-order valence-corrected chi connectivity index (χ2v) is 3.97.